The Morgan fingerprint density at radius 2 is 1.77 bits per heavy atom. The molecule has 0 amide bonds. The van der Waals surface area contributed by atoms with E-state index in [-0.39, 0.29) is 0 Å². The van der Waals surface area contributed by atoms with Crippen LogP contribution < -0.4 is 0 Å². The fourth-order valence-electron chi connectivity index (χ4n) is 1.16. The van der Waals surface area contributed by atoms with Crippen LogP contribution in [0.4, 0.5) is 0 Å². The summed E-state index contributed by atoms with van der Waals surface area (Å²) >= 11 is 0. The summed E-state index contributed by atoms with van der Waals surface area (Å²) in [4.78, 5) is 7.95. The summed E-state index contributed by atoms with van der Waals surface area (Å²) in [6.45, 7) is 8.41. The standard InChI is InChI=1S/C9H14N2.C2H6/c1-3-4-8(2)9-5-10-7-11-6-9;1-2/h5-8H,3-4H2,1-2H3;1-2H3. The zero-order valence-corrected chi connectivity index (χ0v) is 9.12. The number of nitrogens with zero attached hydrogens (tertiary/aromatic N) is 2. The largest absolute Gasteiger partial charge is 0.245 e. The molecular weight excluding hydrogens is 160 g/mol. The lowest BCUT2D eigenvalue weighted by Gasteiger charge is -2.07. The Morgan fingerprint density at radius 1 is 1.23 bits per heavy atom. The number of hydrogen-bond donors (Lipinski definition) is 0. The van der Waals surface area contributed by atoms with Gasteiger partial charge in [-0.1, -0.05) is 34.1 Å². The van der Waals surface area contributed by atoms with Crippen molar-refractivity contribution in [2.45, 2.75) is 46.5 Å². The smallest absolute Gasteiger partial charge is 0.115 e. The van der Waals surface area contributed by atoms with Gasteiger partial charge in [0.25, 0.3) is 0 Å². The molecule has 1 rings (SSSR count). The minimum Gasteiger partial charge on any atom is -0.245 e. The summed E-state index contributed by atoms with van der Waals surface area (Å²) in [6.07, 6.45) is 7.80. The topological polar surface area (TPSA) is 25.8 Å². The molecule has 0 aromatic carbocycles. The van der Waals surface area contributed by atoms with Crippen LogP contribution in [0, 0.1) is 0 Å². The van der Waals surface area contributed by atoms with Crippen LogP contribution in [0.1, 0.15) is 52.0 Å². The van der Waals surface area contributed by atoms with Crippen molar-refractivity contribution in [2.24, 2.45) is 0 Å². The molecule has 0 aliphatic heterocycles. The highest BCUT2D eigenvalue weighted by molar-refractivity contribution is 5.08. The normalized spacial score (nSPS) is 11.4. The van der Waals surface area contributed by atoms with Gasteiger partial charge in [-0.05, 0) is 17.9 Å². The Labute approximate surface area is 81.4 Å². The van der Waals surface area contributed by atoms with Gasteiger partial charge in [0.1, 0.15) is 6.33 Å². The monoisotopic (exact) mass is 180 g/mol. The lowest BCUT2D eigenvalue weighted by Crippen LogP contribution is -1.93. The third-order valence-electron chi connectivity index (χ3n) is 1.87. The van der Waals surface area contributed by atoms with E-state index in [9.17, 15) is 0 Å². The van der Waals surface area contributed by atoms with Gasteiger partial charge in [-0.2, -0.15) is 0 Å². The van der Waals surface area contributed by atoms with Gasteiger partial charge in [-0.25, -0.2) is 9.97 Å². The first-order chi connectivity index (χ1) is 6.34. The van der Waals surface area contributed by atoms with E-state index < -0.39 is 0 Å². The third kappa shape index (κ3) is 4.61. The summed E-state index contributed by atoms with van der Waals surface area (Å²) in [7, 11) is 0. The lowest BCUT2D eigenvalue weighted by atomic mass is 10.00. The number of rotatable bonds is 3. The fraction of sp³-hybridized carbons (Fsp3) is 0.636. The minimum atomic E-state index is 0.598. The van der Waals surface area contributed by atoms with Crippen molar-refractivity contribution in [3.05, 3.63) is 24.3 Å². The minimum absolute atomic E-state index is 0.598. The predicted octanol–water partition coefficient (Wildman–Crippen LogP) is 3.41. The van der Waals surface area contributed by atoms with Gasteiger partial charge < -0.3 is 0 Å². The molecule has 2 heteroatoms. The summed E-state index contributed by atoms with van der Waals surface area (Å²) in [5, 5.41) is 0. The van der Waals surface area contributed by atoms with E-state index >= 15 is 0 Å². The molecule has 0 aliphatic rings. The predicted molar refractivity (Wildman–Crippen MR) is 56.7 cm³/mol. The van der Waals surface area contributed by atoms with Crippen LogP contribution >= 0.6 is 0 Å². The van der Waals surface area contributed by atoms with Crippen molar-refractivity contribution in [3.63, 3.8) is 0 Å². The highest BCUT2D eigenvalue weighted by Crippen LogP contribution is 2.17. The molecule has 1 aromatic heterocycles. The van der Waals surface area contributed by atoms with E-state index in [1.807, 2.05) is 26.2 Å². The van der Waals surface area contributed by atoms with Crippen molar-refractivity contribution in [1.82, 2.24) is 9.97 Å². The molecule has 0 saturated carbocycles. The van der Waals surface area contributed by atoms with Gasteiger partial charge in [0.15, 0.2) is 0 Å². The summed E-state index contributed by atoms with van der Waals surface area (Å²) in [6, 6.07) is 0. The second-order valence-corrected chi connectivity index (χ2v) is 2.86. The van der Waals surface area contributed by atoms with Crippen molar-refractivity contribution >= 4 is 0 Å². The van der Waals surface area contributed by atoms with E-state index in [1.165, 1.54) is 18.4 Å². The van der Waals surface area contributed by atoms with Gasteiger partial charge in [-0.15, -0.1) is 0 Å². The molecule has 0 bridgehead atoms. The maximum atomic E-state index is 3.98. The molecule has 0 saturated heterocycles. The summed E-state index contributed by atoms with van der Waals surface area (Å²) in [5.74, 6) is 0.598. The number of aromatic nitrogens is 2. The first-order valence-corrected chi connectivity index (χ1v) is 5.09. The molecule has 1 atom stereocenters. The van der Waals surface area contributed by atoms with Gasteiger partial charge in [0.2, 0.25) is 0 Å². The summed E-state index contributed by atoms with van der Waals surface area (Å²) in [5.41, 5.74) is 1.24. The highest BCUT2D eigenvalue weighted by atomic mass is 14.8. The Bertz CT molecular complexity index is 197. The third-order valence-corrected chi connectivity index (χ3v) is 1.87. The molecule has 0 aliphatic carbocycles. The average molecular weight is 180 g/mol. The Balaban J connectivity index is 0.000000671. The molecule has 74 valence electrons. The Morgan fingerprint density at radius 3 is 2.23 bits per heavy atom. The Kier molecular flexibility index (Phi) is 7.17. The fourth-order valence-corrected chi connectivity index (χ4v) is 1.16. The molecule has 0 radical (unpaired) electrons. The second kappa shape index (κ2) is 7.71. The molecule has 1 heterocycles. The van der Waals surface area contributed by atoms with E-state index in [0.29, 0.717) is 5.92 Å². The highest BCUT2D eigenvalue weighted by Gasteiger charge is 2.02. The van der Waals surface area contributed by atoms with Crippen LogP contribution in [-0.2, 0) is 0 Å². The van der Waals surface area contributed by atoms with Crippen LogP contribution in [0.2, 0.25) is 0 Å². The molecule has 1 unspecified atom stereocenters. The van der Waals surface area contributed by atoms with Crippen molar-refractivity contribution < 1.29 is 0 Å². The molecule has 0 spiro atoms. The molecule has 13 heavy (non-hydrogen) atoms. The van der Waals surface area contributed by atoms with Crippen molar-refractivity contribution in [1.29, 1.82) is 0 Å². The van der Waals surface area contributed by atoms with Crippen LogP contribution in [0.25, 0.3) is 0 Å². The van der Waals surface area contributed by atoms with E-state index in [2.05, 4.69) is 23.8 Å². The van der Waals surface area contributed by atoms with Gasteiger partial charge >= 0.3 is 0 Å². The molecule has 1 aromatic rings. The maximum absolute atomic E-state index is 3.98. The zero-order chi connectivity index (χ0) is 10.1. The molecular formula is C11H20N2. The molecule has 2 nitrogen and oxygen atoms in total. The SMILES string of the molecule is CC.CCCC(C)c1cncnc1. The quantitative estimate of drug-likeness (QED) is 0.712. The van der Waals surface area contributed by atoms with Gasteiger partial charge in [0.05, 0.1) is 0 Å². The Hall–Kier alpha value is -0.920. The van der Waals surface area contributed by atoms with Crippen molar-refractivity contribution in [2.75, 3.05) is 0 Å². The van der Waals surface area contributed by atoms with Crippen LogP contribution in [-0.4, -0.2) is 9.97 Å². The average Bonchev–Trinajstić information content (AvgIpc) is 2.23. The molecule has 0 N–H and O–H groups in total. The maximum Gasteiger partial charge on any atom is 0.115 e. The first-order valence-electron chi connectivity index (χ1n) is 5.09. The van der Waals surface area contributed by atoms with E-state index in [4.69, 9.17) is 0 Å². The van der Waals surface area contributed by atoms with Gasteiger partial charge in [0, 0.05) is 12.4 Å². The van der Waals surface area contributed by atoms with Crippen LogP contribution in [0.15, 0.2) is 18.7 Å². The van der Waals surface area contributed by atoms with E-state index in [0.717, 1.165) is 0 Å². The number of hydrogen-bond acceptors (Lipinski definition) is 2. The zero-order valence-electron chi connectivity index (χ0n) is 9.12. The van der Waals surface area contributed by atoms with Crippen LogP contribution in [0.3, 0.4) is 0 Å². The van der Waals surface area contributed by atoms with Crippen molar-refractivity contribution in [3.8, 4) is 0 Å². The van der Waals surface area contributed by atoms with Crippen LogP contribution in [0.5, 0.6) is 0 Å². The lowest BCUT2D eigenvalue weighted by molar-refractivity contribution is 0.659. The second-order valence-electron chi connectivity index (χ2n) is 2.86. The van der Waals surface area contributed by atoms with E-state index in [1.54, 1.807) is 6.33 Å². The first kappa shape index (κ1) is 12.1. The summed E-state index contributed by atoms with van der Waals surface area (Å²) < 4.78 is 0. The molecule has 0 fully saturated rings. The van der Waals surface area contributed by atoms with Gasteiger partial charge in [-0.3, -0.25) is 0 Å².